The summed E-state index contributed by atoms with van der Waals surface area (Å²) in [6.45, 7) is 8.80. The highest BCUT2D eigenvalue weighted by molar-refractivity contribution is 5.94. The minimum absolute atomic E-state index is 0.0655. The number of nitrogens with one attached hydrogen (secondary N) is 2. The van der Waals surface area contributed by atoms with Crippen LogP contribution in [0.25, 0.3) is 0 Å². The second-order valence-electron chi connectivity index (χ2n) is 7.36. The number of carbonyl (C=O) groups is 2. The zero-order chi connectivity index (χ0) is 21.2. The number of hydrogen-bond acceptors (Lipinski definition) is 4. The molecule has 2 N–H and O–H groups in total. The third-order valence-electron chi connectivity index (χ3n) is 4.32. The van der Waals surface area contributed by atoms with Crippen molar-refractivity contribution in [2.24, 2.45) is 11.0 Å². The van der Waals surface area contributed by atoms with Crippen molar-refractivity contribution in [2.75, 3.05) is 11.9 Å². The van der Waals surface area contributed by atoms with E-state index >= 15 is 0 Å². The van der Waals surface area contributed by atoms with E-state index in [1.807, 2.05) is 56.3 Å². The monoisotopic (exact) mass is 395 g/mol. The van der Waals surface area contributed by atoms with Crippen molar-refractivity contribution in [1.29, 1.82) is 0 Å². The Hall–Kier alpha value is -3.15. The van der Waals surface area contributed by atoms with Crippen LogP contribution in [0.3, 0.4) is 0 Å². The molecular weight excluding hydrogens is 366 g/mol. The number of aryl methyl sites for hydroxylation is 1. The molecule has 0 heterocycles. The van der Waals surface area contributed by atoms with E-state index in [4.69, 9.17) is 4.74 Å². The van der Waals surface area contributed by atoms with Gasteiger partial charge in [0.2, 0.25) is 11.8 Å². The number of hydrogen-bond donors (Lipinski definition) is 2. The molecule has 0 atom stereocenters. The molecule has 29 heavy (non-hydrogen) atoms. The van der Waals surface area contributed by atoms with E-state index in [-0.39, 0.29) is 24.7 Å². The lowest BCUT2D eigenvalue weighted by molar-refractivity contribution is -0.124. The maximum Gasteiger partial charge on any atom is 0.240 e. The van der Waals surface area contributed by atoms with Crippen LogP contribution in [-0.2, 0) is 9.59 Å². The minimum atomic E-state index is -0.311. The summed E-state index contributed by atoms with van der Waals surface area (Å²) >= 11 is 0. The molecule has 6 heteroatoms. The first-order valence-electron chi connectivity index (χ1n) is 9.76. The predicted octanol–water partition coefficient (Wildman–Crippen LogP) is 4.21. The van der Waals surface area contributed by atoms with Gasteiger partial charge in [0, 0.05) is 18.5 Å². The average molecular weight is 396 g/mol. The normalized spacial score (nSPS) is 10.9. The molecular formula is C23H29N3O3. The molecule has 0 radical (unpaired) electrons. The number of rotatable bonds is 9. The van der Waals surface area contributed by atoms with Crippen molar-refractivity contribution in [2.45, 2.75) is 40.5 Å². The number of hydrazone groups is 1. The standard InChI is InChI=1S/C23H29N3O3/c1-16(2)15-29-20-10-8-19(9-11-20)14-24-26-23(28)13-12-22(27)25-21-7-5-6-17(3)18(21)4/h5-11,14,16H,12-13,15H2,1-4H3,(H,25,27)(H,26,28). The van der Waals surface area contributed by atoms with E-state index < -0.39 is 0 Å². The molecule has 2 rings (SSSR count). The number of nitrogens with zero attached hydrogens (tertiary/aromatic N) is 1. The summed E-state index contributed by atoms with van der Waals surface area (Å²) in [5.41, 5.74) is 6.19. The second kappa shape index (κ2) is 11.0. The molecule has 2 aromatic carbocycles. The molecule has 0 bridgehead atoms. The van der Waals surface area contributed by atoms with Crippen LogP contribution in [0.2, 0.25) is 0 Å². The first-order chi connectivity index (χ1) is 13.8. The summed E-state index contributed by atoms with van der Waals surface area (Å²) in [5, 5.41) is 6.78. The van der Waals surface area contributed by atoms with E-state index in [0.717, 1.165) is 28.1 Å². The van der Waals surface area contributed by atoms with Crippen LogP contribution in [0.5, 0.6) is 5.75 Å². The molecule has 0 aliphatic rings. The Morgan fingerprint density at radius 1 is 1.03 bits per heavy atom. The van der Waals surface area contributed by atoms with Crippen LogP contribution in [0.15, 0.2) is 47.6 Å². The van der Waals surface area contributed by atoms with Crippen LogP contribution in [0.4, 0.5) is 5.69 Å². The highest BCUT2D eigenvalue weighted by atomic mass is 16.5. The van der Waals surface area contributed by atoms with Crippen LogP contribution < -0.4 is 15.5 Å². The summed E-state index contributed by atoms with van der Waals surface area (Å²) in [7, 11) is 0. The van der Waals surface area contributed by atoms with Crippen molar-refractivity contribution in [1.82, 2.24) is 5.43 Å². The van der Waals surface area contributed by atoms with Gasteiger partial charge in [0.25, 0.3) is 0 Å². The number of anilines is 1. The maximum atomic E-state index is 12.1. The van der Waals surface area contributed by atoms with Crippen molar-refractivity contribution in [3.8, 4) is 5.75 Å². The maximum absolute atomic E-state index is 12.1. The van der Waals surface area contributed by atoms with Crippen molar-refractivity contribution < 1.29 is 14.3 Å². The zero-order valence-electron chi connectivity index (χ0n) is 17.5. The van der Waals surface area contributed by atoms with E-state index in [1.165, 1.54) is 0 Å². The molecule has 0 unspecified atom stereocenters. The molecule has 6 nitrogen and oxygen atoms in total. The summed E-state index contributed by atoms with van der Waals surface area (Å²) in [6, 6.07) is 13.2. The Balaban J connectivity index is 1.73. The smallest absolute Gasteiger partial charge is 0.240 e. The van der Waals surface area contributed by atoms with Crippen molar-refractivity contribution in [3.05, 3.63) is 59.2 Å². The van der Waals surface area contributed by atoms with Crippen LogP contribution in [-0.4, -0.2) is 24.6 Å². The van der Waals surface area contributed by atoms with Crippen LogP contribution in [0.1, 0.15) is 43.4 Å². The third-order valence-corrected chi connectivity index (χ3v) is 4.32. The third kappa shape index (κ3) is 7.78. The van der Waals surface area contributed by atoms with E-state index in [1.54, 1.807) is 6.21 Å². The molecule has 2 aromatic rings. The molecule has 0 aliphatic carbocycles. The molecule has 0 spiro atoms. The van der Waals surface area contributed by atoms with Gasteiger partial charge in [-0.05, 0) is 66.8 Å². The van der Waals surface area contributed by atoms with Gasteiger partial charge in [-0.25, -0.2) is 5.43 Å². The highest BCUT2D eigenvalue weighted by Crippen LogP contribution is 2.18. The lowest BCUT2D eigenvalue weighted by atomic mass is 10.1. The van der Waals surface area contributed by atoms with Gasteiger partial charge in [-0.15, -0.1) is 0 Å². The molecule has 0 aliphatic heterocycles. The molecule has 154 valence electrons. The summed E-state index contributed by atoms with van der Waals surface area (Å²) < 4.78 is 5.62. The topological polar surface area (TPSA) is 79.8 Å². The number of carbonyl (C=O) groups excluding carboxylic acids is 2. The van der Waals surface area contributed by atoms with E-state index in [2.05, 4.69) is 29.7 Å². The number of ether oxygens (including phenoxy) is 1. The number of amides is 2. The molecule has 2 amide bonds. The lowest BCUT2D eigenvalue weighted by Crippen LogP contribution is -2.21. The largest absolute Gasteiger partial charge is 0.493 e. The van der Waals surface area contributed by atoms with Crippen molar-refractivity contribution >= 4 is 23.7 Å². The highest BCUT2D eigenvalue weighted by Gasteiger charge is 2.08. The quantitative estimate of drug-likeness (QED) is 0.493. The molecule has 0 saturated heterocycles. The summed E-state index contributed by atoms with van der Waals surface area (Å²) in [6.07, 6.45) is 1.72. The van der Waals surface area contributed by atoms with Gasteiger partial charge in [0.15, 0.2) is 0 Å². The van der Waals surface area contributed by atoms with Gasteiger partial charge >= 0.3 is 0 Å². The summed E-state index contributed by atoms with van der Waals surface area (Å²) in [5.74, 6) is 0.758. The van der Waals surface area contributed by atoms with Gasteiger partial charge in [0.05, 0.1) is 12.8 Å². The molecule has 0 aromatic heterocycles. The second-order valence-corrected chi connectivity index (χ2v) is 7.36. The fourth-order valence-corrected chi connectivity index (χ4v) is 2.47. The fraction of sp³-hybridized carbons (Fsp3) is 0.348. The van der Waals surface area contributed by atoms with Gasteiger partial charge in [0.1, 0.15) is 5.75 Å². The Labute approximate surface area is 172 Å². The predicted molar refractivity (Wildman–Crippen MR) is 116 cm³/mol. The first kappa shape index (κ1) is 22.1. The van der Waals surface area contributed by atoms with Gasteiger partial charge < -0.3 is 10.1 Å². The van der Waals surface area contributed by atoms with Crippen molar-refractivity contribution in [3.63, 3.8) is 0 Å². The van der Waals surface area contributed by atoms with E-state index in [0.29, 0.717) is 12.5 Å². The summed E-state index contributed by atoms with van der Waals surface area (Å²) in [4.78, 5) is 24.0. The average Bonchev–Trinajstić information content (AvgIpc) is 2.69. The fourth-order valence-electron chi connectivity index (χ4n) is 2.47. The SMILES string of the molecule is Cc1cccc(NC(=O)CCC(=O)NN=Cc2ccc(OCC(C)C)cc2)c1C. The van der Waals surface area contributed by atoms with Gasteiger partial charge in [-0.3, -0.25) is 9.59 Å². The Kier molecular flexibility index (Phi) is 8.40. The Morgan fingerprint density at radius 2 is 1.72 bits per heavy atom. The number of benzene rings is 2. The first-order valence-corrected chi connectivity index (χ1v) is 9.76. The van der Waals surface area contributed by atoms with Crippen LogP contribution in [0, 0.1) is 19.8 Å². The molecule has 0 saturated carbocycles. The minimum Gasteiger partial charge on any atom is -0.493 e. The van der Waals surface area contributed by atoms with Gasteiger partial charge in [-0.1, -0.05) is 26.0 Å². The van der Waals surface area contributed by atoms with Gasteiger partial charge in [-0.2, -0.15) is 5.10 Å². The van der Waals surface area contributed by atoms with E-state index in [9.17, 15) is 9.59 Å². The Bertz CT molecular complexity index is 858. The Morgan fingerprint density at radius 3 is 2.41 bits per heavy atom. The van der Waals surface area contributed by atoms with Crippen LogP contribution >= 0.6 is 0 Å². The molecule has 0 fully saturated rings. The lowest BCUT2D eigenvalue weighted by Gasteiger charge is -2.10. The zero-order valence-corrected chi connectivity index (χ0v) is 17.5.